The van der Waals surface area contributed by atoms with E-state index in [0.29, 0.717) is 17.4 Å². The van der Waals surface area contributed by atoms with Crippen LogP contribution >= 0.6 is 0 Å². The van der Waals surface area contributed by atoms with E-state index >= 15 is 0 Å². The molecule has 0 bridgehead atoms. The lowest BCUT2D eigenvalue weighted by atomic mass is 10.2. The van der Waals surface area contributed by atoms with E-state index in [4.69, 9.17) is 0 Å². The summed E-state index contributed by atoms with van der Waals surface area (Å²) in [5, 5.41) is 12.1. The molecule has 0 aliphatic carbocycles. The van der Waals surface area contributed by atoms with Crippen LogP contribution in [0.2, 0.25) is 0 Å². The highest BCUT2D eigenvalue weighted by Gasteiger charge is 1.95. The summed E-state index contributed by atoms with van der Waals surface area (Å²) in [4.78, 5) is 20.3. The Morgan fingerprint density at radius 1 is 0.630 bits per heavy atom. The summed E-state index contributed by atoms with van der Waals surface area (Å²) in [7, 11) is 0. The number of rotatable bonds is 6. The molecule has 0 atom stereocenters. The third kappa shape index (κ3) is 7.07. The van der Waals surface area contributed by atoms with Gasteiger partial charge in [-0.2, -0.15) is 0 Å². The fourth-order valence-corrected chi connectivity index (χ4v) is 2.25. The minimum atomic E-state index is 0.403. The van der Waals surface area contributed by atoms with Crippen molar-refractivity contribution in [3.05, 3.63) is 88.7 Å². The summed E-state index contributed by atoms with van der Waals surface area (Å²) in [6, 6.07) is 24.3. The van der Waals surface area contributed by atoms with E-state index in [0.717, 1.165) is 17.1 Å². The van der Waals surface area contributed by atoms with Gasteiger partial charge in [0, 0.05) is 23.1 Å². The Balaban J connectivity index is 0.000000199. The van der Waals surface area contributed by atoms with Crippen molar-refractivity contribution in [3.8, 4) is 0 Å². The molecule has 0 aromatic heterocycles. The van der Waals surface area contributed by atoms with Crippen LogP contribution in [0.25, 0.3) is 0 Å². The Morgan fingerprint density at radius 3 is 1.52 bits per heavy atom. The van der Waals surface area contributed by atoms with Crippen LogP contribution in [-0.4, -0.2) is 6.04 Å². The second-order valence-electron chi connectivity index (χ2n) is 6.07. The molecule has 0 spiro atoms. The van der Waals surface area contributed by atoms with Crippen LogP contribution in [0.1, 0.15) is 13.8 Å². The Labute approximate surface area is 158 Å². The van der Waals surface area contributed by atoms with E-state index in [2.05, 4.69) is 34.8 Å². The van der Waals surface area contributed by atoms with Crippen LogP contribution in [0.4, 0.5) is 28.4 Å². The highest BCUT2D eigenvalue weighted by molar-refractivity contribution is 5.61. The van der Waals surface area contributed by atoms with Crippen molar-refractivity contribution in [1.82, 2.24) is 0 Å². The number of nitrogens with one attached hydrogen (secondary N) is 2. The topological polar surface area (TPSA) is 82.9 Å². The van der Waals surface area contributed by atoms with Crippen molar-refractivity contribution >= 4 is 28.4 Å². The van der Waals surface area contributed by atoms with Gasteiger partial charge in [0.25, 0.3) is 0 Å². The smallest absolute Gasteiger partial charge is 0.108 e. The van der Waals surface area contributed by atoms with Gasteiger partial charge >= 0.3 is 0 Å². The molecule has 0 aliphatic heterocycles. The van der Waals surface area contributed by atoms with Crippen LogP contribution in [0.3, 0.4) is 0 Å². The van der Waals surface area contributed by atoms with Crippen LogP contribution in [0, 0.1) is 9.81 Å². The van der Waals surface area contributed by atoms with E-state index in [-0.39, 0.29) is 0 Å². The average Bonchev–Trinajstić information content (AvgIpc) is 2.70. The van der Waals surface area contributed by atoms with Crippen molar-refractivity contribution in [3.63, 3.8) is 0 Å². The molecule has 0 amide bonds. The fourth-order valence-electron chi connectivity index (χ4n) is 2.25. The second-order valence-corrected chi connectivity index (χ2v) is 6.07. The minimum absolute atomic E-state index is 0.403. The molecule has 2 N–H and O–H groups in total. The van der Waals surface area contributed by atoms with E-state index in [9.17, 15) is 9.81 Å². The predicted molar refractivity (Wildman–Crippen MR) is 112 cm³/mol. The van der Waals surface area contributed by atoms with Crippen LogP contribution in [0.15, 0.2) is 89.2 Å². The number of nitroso groups, excluding NO2 is 2. The second kappa shape index (κ2) is 10.5. The Hall–Kier alpha value is -3.54. The first-order valence-corrected chi connectivity index (χ1v) is 8.56. The van der Waals surface area contributed by atoms with E-state index < -0.39 is 0 Å². The van der Waals surface area contributed by atoms with Crippen LogP contribution in [0.5, 0.6) is 0 Å². The standard InChI is InChI=1S/C12H10N2O.C9H12N2O/c15-14-12-8-6-11(7-9-12)13-10-4-2-1-3-5-10;1-7(2)10-8-3-5-9(11-12)6-4-8/h1-9,13H;3-7,10H,1-2H3. The van der Waals surface area contributed by atoms with E-state index in [1.807, 2.05) is 54.6 Å². The molecule has 0 radical (unpaired) electrons. The maximum Gasteiger partial charge on any atom is 0.108 e. The van der Waals surface area contributed by atoms with E-state index in [1.165, 1.54) is 0 Å². The monoisotopic (exact) mass is 362 g/mol. The summed E-state index contributed by atoms with van der Waals surface area (Å²) in [5.41, 5.74) is 3.87. The lowest BCUT2D eigenvalue weighted by molar-refractivity contribution is 0.900. The van der Waals surface area contributed by atoms with Gasteiger partial charge in [0.1, 0.15) is 11.4 Å². The molecular weight excluding hydrogens is 340 g/mol. The van der Waals surface area contributed by atoms with Gasteiger partial charge in [0.15, 0.2) is 0 Å². The van der Waals surface area contributed by atoms with Gasteiger partial charge in [-0.1, -0.05) is 18.2 Å². The van der Waals surface area contributed by atoms with Crippen LogP contribution in [-0.2, 0) is 0 Å². The molecule has 0 saturated carbocycles. The number of hydrogen-bond donors (Lipinski definition) is 2. The normalized spacial score (nSPS) is 9.74. The molecule has 0 saturated heterocycles. The molecule has 0 aliphatic rings. The molecule has 3 aromatic rings. The molecule has 6 nitrogen and oxygen atoms in total. The van der Waals surface area contributed by atoms with Gasteiger partial charge in [0.05, 0.1) is 0 Å². The summed E-state index contributed by atoms with van der Waals surface area (Å²) in [6.45, 7) is 4.12. The van der Waals surface area contributed by atoms with Gasteiger partial charge < -0.3 is 10.6 Å². The lowest BCUT2D eigenvalue weighted by Gasteiger charge is -2.08. The van der Waals surface area contributed by atoms with Gasteiger partial charge in [-0.3, -0.25) is 0 Å². The van der Waals surface area contributed by atoms with Crippen molar-refractivity contribution in [2.45, 2.75) is 19.9 Å². The van der Waals surface area contributed by atoms with Crippen LogP contribution < -0.4 is 10.6 Å². The zero-order chi connectivity index (χ0) is 19.5. The summed E-state index contributed by atoms with van der Waals surface area (Å²) in [6.07, 6.45) is 0. The number of hydrogen-bond acceptors (Lipinski definition) is 6. The number of anilines is 3. The molecule has 6 heteroatoms. The minimum Gasteiger partial charge on any atom is -0.383 e. The molecular formula is C21H22N4O2. The maximum absolute atomic E-state index is 10.2. The first-order chi connectivity index (χ1) is 13.1. The molecule has 0 unspecified atom stereocenters. The highest BCUT2D eigenvalue weighted by atomic mass is 16.3. The van der Waals surface area contributed by atoms with Crippen molar-refractivity contribution in [1.29, 1.82) is 0 Å². The fraction of sp³-hybridized carbons (Fsp3) is 0.143. The maximum atomic E-state index is 10.2. The Bertz CT molecular complexity index is 832. The van der Waals surface area contributed by atoms with Crippen molar-refractivity contribution in [2.75, 3.05) is 10.6 Å². The molecule has 0 heterocycles. The summed E-state index contributed by atoms with van der Waals surface area (Å²) < 4.78 is 0. The molecule has 3 rings (SSSR count). The SMILES string of the molecule is CC(C)Nc1ccc(N=O)cc1.O=Nc1ccc(Nc2ccccc2)cc1. The number of nitrogens with zero attached hydrogens (tertiary/aromatic N) is 2. The molecule has 0 fully saturated rings. The van der Waals surface area contributed by atoms with Crippen molar-refractivity contribution in [2.24, 2.45) is 10.4 Å². The predicted octanol–water partition coefficient (Wildman–Crippen LogP) is 6.73. The number of para-hydroxylation sites is 1. The Kier molecular flexibility index (Phi) is 7.66. The first-order valence-electron chi connectivity index (χ1n) is 8.56. The summed E-state index contributed by atoms with van der Waals surface area (Å²) >= 11 is 0. The highest BCUT2D eigenvalue weighted by Crippen LogP contribution is 2.19. The average molecular weight is 362 g/mol. The lowest BCUT2D eigenvalue weighted by Crippen LogP contribution is -2.08. The molecule has 3 aromatic carbocycles. The van der Waals surface area contributed by atoms with Gasteiger partial charge in [-0.15, -0.1) is 9.81 Å². The quantitative estimate of drug-likeness (QED) is 0.476. The van der Waals surface area contributed by atoms with E-state index in [1.54, 1.807) is 24.3 Å². The van der Waals surface area contributed by atoms with Gasteiger partial charge in [-0.05, 0) is 84.9 Å². The Morgan fingerprint density at radius 2 is 1.07 bits per heavy atom. The summed E-state index contributed by atoms with van der Waals surface area (Å²) in [5.74, 6) is 0. The first kappa shape index (κ1) is 19.8. The third-order valence-electron chi connectivity index (χ3n) is 3.46. The molecule has 27 heavy (non-hydrogen) atoms. The zero-order valence-electron chi connectivity index (χ0n) is 15.3. The van der Waals surface area contributed by atoms with Gasteiger partial charge in [-0.25, -0.2) is 0 Å². The third-order valence-corrected chi connectivity index (χ3v) is 3.46. The largest absolute Gasteiger partial charge is 0.383 e. The zero-order valence-corrected chi connectivity index (χ0v) is 15.3. The van der Waals surface area contributed by atoms with Crippen molar-refractivity contribution < 1.29 is 0 Å². The molecule has 138 valence electrons. The van der Waals surface area contributed by atoms with Gasteiger partial charge in [0.2, 0.25) is 0 Å². The number of benzene rings is 3.